The predicted octanol–water partition coefficient (Wildman–Crippen LogP) is 5.75. The van der Waals surface area contributed by atoms with Crippen molar-refractivity contribution in [3.8, 4) is 5.75 Å². The maximum atomic E-state index is 13.4. The lowest BCUT2D eigenvalue weighted by Crippen LogP contribution is -2.49. The lowest BCUT2D eigenvalue weighted by atomic mass is 9.99. The van der Waals surface area contributed by atoms with E-state index in [1.807, 2.05) is 48.5 Å². The number of halogens is 2. The Balaban J connectivity index is 0.00000289. The van der Waals surface area contributed by atoms with Gasteiger partial charge in [0.25, 0.3) is 0 Å². The van der Waals surface area contributed by atoms with E-state index in [2.05, 4.69) is 9.80 Å². The first-order chi connectivity index (χ1) is 15.1. The number of carbonyl (C=O) groups is 1. The van der Waals surface area contributed by atoms with E-state index >= 15 is 0 Å². The van der Waals surface area contributed by atoms with Crippen molar-refractivity contribution in [1.82, 2.24) is 9.80 Å². The van der Waals surface area contributed by atoms with Crippen molar-refractivity contribution in [1.29, 1.82) is 0 Å². The highest BCUT2D eigenvalue weighted by Gasteiger charge is 2.31. The molecule has 2 fully saturated rings. The van der Waals surface area contributed by atoms with Crippen molar-refractivity contribution < 1.29 is 9.53 Å². The molecule has 2 aliphatic rings. The summed E-state index contributed by atoms with van der Waals surface area (Å²) < 4.78 is 5.25. The number of likely N-dealkylation sites (tertiary alicyclic amines) is 1. The molecular weight excluding hydrogens is 443 g/mol. The molecule has 0 N–H and O–H groups in total. The normalized spacial score (nSPS) is 17.7. The number of benzene rings is 2. The van der Waals surface area contributed by atoms with Crippen LogP contribution in [0, 0.1) is 0 Å². The second-order valence-electron chi connectivity index (χ2n) is 8.88. The third-order valence-corrected chi connectivity index (χ3v) is 7.13. The Hall–Kier alpha value is -1.75. The predicted molar refractivity (Wildman–Crippen MR) is 133 cm³/mol. The van der Waals surface area contributed by atoms with Gasteiger partial charge in [0.1, 0.15) is 5.75 Å². The highest BCUT2D eigenvalue weighted by atomic mass is 35.5. The van der Waals surface area contributed by atoms with Crippen molar-refractivity contribution in [2.75, 3.05) is 20.2 Å². The molecule has 0 bridgehead atoms. The van der Waals surface area contributed by atoms with Gasteiger partial charge in [0.15, 0.2) is 0 Å². The summed E-state index contributed by atoms with van der Waals surface area (Å²) in [6.07, 6.45) is 7.95. The van der Waals surface area contributed by atoms with E-state index in [-0.39, 0.29) is 18.3 Å². The molecule has 1 saturated carbocycles. The summed E-state index contributed by atoms with van der Waals surface area (Å²) in [4.78, 5) is 18.2. The number of hydrogen-bond acceptors (Lipinski definition) is 3. The lowest BCUT2D eigenvalue weighted by molar-refractivity contribution is -0.134. The Bertz CT molecular complexity index is 843. The fourth-order valence-corrected chi connectivity index (χ4v) is 5.19. The number of methoxy groups -OCH3 is 1. The van der Waals surface area contributed by atoms with Crippen molar-refractivity contribution >= 4 is 29.9 Å². The first-order valence-corrected chi connectivity index (χ1v) is 11.9. The molecule has 0 atom stereocenters. The average Bonchev–Trinajstić information content (AvgIpc) is 3.34. The van der Waals surface area contributed by atoms with Gasteiger partial charge in [-0.3, -0.25) is 4.79 Å². The average molecular weight is 477 g/mol. The summed E-state index contributed by atoms with van der Waals surface area (Å²) in [6, 6.07) is 16.8. The Morgan fingerprint density at radius 2 is 1.56 bits per heavy atom. The van der Waals surface area contributed by atoms with Crippen molar-refractivity contribution in [2.45, 2.75) is 63.6 Å². The molecular formula is C26H34Cl2N2O2. The molecule has 174 valence electrons. The van der Waals surface area contributed by atoms with Crippen LogP contribution in [0.3, 0.4) is 0 Å². The van der Waals surface area contributed by atoms with Gasteiger partial charge in [0.2, 0.25) is 5.91 Å². The van der Waals surface area contributed by atoms with Crippen molar-refractivity contribution in [3.63, 3.8) is 0 Å². The van der Waals surface area contributed by atoms with Gasteiger partial charge in [-0.25, -0.2) is 0 Å². The Morgan fingerprint density at radius 3 is 2.16 bits per heavy atom. The molecule has 1 amide bonds. The van der Waals surface area contributed by atoms with Crippen LogP contribution in [0.15, 0.2) is 48.5 Å². The maximum Gasteiger partial charge on any atom is 0.227 e. The smallest absolute Gasteiger partial charge is 0.227 e. The molecule has 1 aliphatic carbocycles. The zero-order valence-electron chi connectivity index (χ0n) is 18.8. The molecule has 0 spiro atoms. The third kappa shape index (κ3) is 6.40. The Kier molecular flexibility index (Phi) is 9.27. The minimum absolute atomic E-state index is 0. The number of piperidine rings is 1. The zero-order chi connectivity index (χ0) is 21.6. The van der Waals surface area contributed by atoms with Crippen LogP contribution in [0.1, 0.15) is 49.7 Å². The van der Waals surface area contributed by atoms with E-state index in [9.17, 15) is 4.79 Å². The first-order valence-electron chi connectivity index (χ1n) is 11.5. The number of carbonyl (C=O) groups excluding carboxylic acids is 1. The SMILES string of the molecule is COc1ccc(CC(=O)N(Cc2ccc(Cl)cc2)C2CCN(C3CCCC3)CC2)cc1.Cl. The fourth-order valence-electron chi connectivity index (χ4n) is 5.06. The van der Waals surface area contributed by atoms with Crippen LogP contribution < -0.4 is 4.74 Å². The second kappa shape index (κ2) is 11.9. The quantitative estimate of drug-likeness (QED) is 0.509. The van der Waals surface area contributed by atoms with Crippen LogP contribution in [0.2, 0.25) is 5.02 Å². The molecule has 2 aromatic carbocycles. The first kappa shape index (κ1) is 24.9. The van der Waals surface area contributed by atoms with Crippen molar-refractivity contribution in [3.05, 3.63) is 64.7 Å². The lowest BCUT2D eigenvalue weighted by Gasteiger charge is -2.41. The molecule has 6 heteroatoms. The van der Waals surface area contributed by atoms with Crippen LogP contribution in [0.5, 0.6) is 5.75 Å². The Labute approximate surface area is 203 Å². The summed E-state index contributed by atoms with van der Waals surface area (Å²) in [6.45, 7) is 2.84. The highest BCUT2D eigenvalue weighted by Crippen LogP contribution is 2.28. The number of hydrogen-bond donors (Lipinski definition) is 0. The van der Waals surface area contributed by atoms with Gasteiger partial charge in [-0.15, -0.1) is 12.4 Å². The maximum absolute atomic E-state index is 13.4. The molecule has 4 nitrogen and oxygen atoms in total. The van der Waals surface area contributed by atoms with E-state index in [1.54, 1.807) is 7.11 Å². The Morgan fingerprint density at radius 1 is 0.969 bits per heavy atom. The number of nitrogens with zero attached hydrogens (tertiary/aromatic N) is 2. The van der Waals surface area contributed by atoms with Crippen molar-refractivity contribution in [2.24, 2.45) is 0 Å². The summed E-state index contributed by atoms with van der Waals surface area (Å²) >= 11 is 6.07. The number of amides is 1. The van der Waals surface area contributed by atoms with Gasteiger partial charge in [0.05, 0.1) is 13.5 Å². The monoisotopic (exact) mass is 476 g/mol. The second-order valence-corrected chi connectivity index (χ2v) is 9.31. The highest BCUT2D eigenvalue weighted by molar-refractivity contribution is 6.30. The molecule has 1 heterocycles. The fraction of sp³-hybridized carbons (Fsp3) is 0.500. The van der Waals surface area contributed by atoms with Crippen LogP contribution >= 0.6 is 24.0 Å². The molecule has 0 radical (unpaired) electrons. The van der Waals surface area contributed by atoms with Gasteiger partial charge in [-0.2, -0.15) is 0 Å². The molecule has 4 rings (SSSR count). The number of ether oxygens (including phenoxy) is 1. The summed E-state index contributed by atoms with van der Waals surface area (Å²) in [7, 11) is 1.66. The van der Waals surface area contributed by atoms with Crippen LogP contribution in [-0.2, 0) is 17.8 Å². The standard InChI is InChI=1S/C26H33ClN2O2.ClH/c1-31-25-12-8-20(9-13-25)18-26(30)29(19-21-6-10-22(27)11-7-21)24-14-16-28(17-15-24)23-4-2-3-5-23;/h6-13,23-24H,2-5,14-19H2,1H3;1H. The molecule has 32 heavy (non-hydrogen) atoms. The molecule has 0 aromatic heterocycles. The topological polar surface area (TPSA) is 32.8 Å². The van der Waals surface area contributed by atoms with E-state index in [4.69, 9.17) is 16.3 Å². The van der Waals surface area contributed by atoms with Crippen LogP contribution in [-0.4, -0.2) is 48.0 Å². The molecule has 1 aliphatic heterocycles. The minimum atomic E-state index is 0. The van der Waals surface area contributed by atoms with Gasteiger partial charge in [-0.1, -0.05) is 48.7 Å². The van der Waals surface area contributed by atoms with E-state index in [0.717, 1.165) is 53.9 Å². The summed E-state index contributed by atoms with van der Waals surface area (Å²) in [5, 5.41) is 0.727. The molecule has 2 aromatic rings. The summed E-state index contributed by atoms with van der Waals surface area (Å²) in [5.41, 5.74) is 2.15. The van der Waals surface area contributed by atoms with E-state index < -0.39 is 0 Å². The van der Waals surface area contributed by atoms with Gasteiger partial charge in [0, 0.05) is 36.7 Å². The van der Waals surface area contributed by atoms with Gasteiger partial charge in [-0.05, 0) is 61.1 Å². The van der Waals surface area contributed by atoms with E-state index in [0.29, 0.717) is 19.0 Å². The zero-order valence-corrected chi connectivity index (χ0v) is 20.4. The van der Waals surface area contributed by atoms with Gasteiger partial charge >= 0.3 is 0 Å². The van der Waals surface area contributed by atoms with E-state index in [1.165, 1.54) is 25.7 Å². The molecule has 0 unspecified atom stereocenters. The van der Waals surface area contributed by atoms with Crippen LogP contribution in [0.25, 0.3) is 0 Å². The molecule has 1 saturated heterocycles. The minimum Gasteiger partial charge on any atom is -0.497 e. The summed E-state index contributed by atoms with van der Waals surface area (Å²) in [5.74, 6) is 1.01. The number of rotatable bonds is 7. The largest absolute Gasteiger partial charge is 0.497 e. The van der Waals surface area contributed by atoms with Crippen LogP contribution in [0.4, 0.5) is 0 Å². The third-order valence-electron chi connectivity index (χ3n) is 6.88. The van der Waals surface area contributed by atoms with Gasteiger partial charge < -0.3 is 14.5 Å².